The van der Waals surface area contributed by atoms with Crippen molar-refractivity contribution >= 4 is 11.3 Å². The maximum atomic E-state index is 13.9. The summed E-state index contributed by atoms with van der Waals surface area (Å²) in [6, 6.07) is 3.12. The lowest BCUT2D eigenvalue weighted by atomic mass is 10.0. The molecule has 1 unspecified atom stereocenters. The Hall–Kier alpha value is -1.33. The summed E-state index contributed by atoms with van der Waals surface area (Å²) in [6.45, 7) is 4.64. The molecule has 5 heteroatoms. The van der Waals surface area contributed by atoms with Gasteiger partial charge in [-0.05, 0) is 38.1 Å². The van der Waals surface area contributed by atoms with Crippen molar-refractivity contribution in [3.63, 3.8) is 0 Å². The fraction of sp³-hybridized carbons (Fsp3) is 0.357. The standard InChI is InChI=1S/C14H16F2N2S/c1-3-6-17-14(13-8-19-9(2)18-13)11-7-10(15)4-5-12(11)16/h4-5,7-8,14,17H,3,6H2,1-2H3. The quantitative estimate of drug-likeness (QED) is 0.901. The molecule has 2 aromatic rings. The van der Waals surface area contributed by atoms with Crippen LogP contribution >= 0.6 is 11.3 Å². The van der Waals surface area contributed by atoms with Crippen molar-refractivity contribution in [2.24, 2.45) is 0 Å². The molecule has 0 saturated carbocycles. The van der Waals surface area contributed by atoms with Crippen LogP contribution in [-0.2, 0) is 0 Å². The minimum atomic E-state index is -0.438. The summed E-state index contributed by atoms with van der Waals surface area (Å²) in [5, 5.41) is 6.01. The number of thiazole rings is 1. The molecule has 0 aliphatic heterocycles. The predicted octanol–water partition coefficient (Wildman–Crippen LogP) is 3.82. The zero-order chi connectivity index (χ0) is 13.8. The van der Waals surface area contributed by atoms with Crippen LogP contribution in [0.25, 0.3) is 0 Å². The number of halogens is 2. The number of nitrogens with one attached hydrogen (secondary N) is 1. The number of aryl methyl sites for hydroxylation is 1. The summed E-state index contributed by atoms with van der Waals surface area (Å²) >= 11 is 1.50. The van der Waals surface area contributed by atoms with Crippen molar-refractivity contribution in [3.8, 4) is 0 Å². The molecule has 1 N–H and O–H groups in total. The van der Waals surface area contributed by atoms with Gasteiger partial charge in [0.2, 0.25) is 0 Å². The van der Waals surface area contributed by atoms with Gasteiger partial charge in [0.25, 0.3) is 0 Å². The topological polar surface area (TPSA) is 24.9 Å². The Labute approximate surface area is 115 Å². The second kappa shape index (κ2) is 6.21. The molecular weight excluding hydrogens is 266 g/mol. The molecule has 0 spiro atoms. The van der Waals surface area contributed by atoms with Gasteiger partial charge in [-0.15, -0.1) is 11.3 Å². The maximum Gasteiger partial charge on any atom is 0.128 e. The molecule has 2 rings (SSSR count). The fourth-order valence-corrected chi connectivity index (χ4v) is 2.55. The summed E-state index contributed by atoms with van der Waals surface area (Å²) in [5.41, 5.74) is 1.04. The van der Waals surface area contributed by atoms with E-state index >= 15 is 0 Å². The van der Waals surface area contributed by atoms with Crippen LogP contribution in [0, 0.1) is 18.6 Å². The molecule has 1 heterocycles. The summed E-state index contributed by atoms with van der Waals surface area (Å²) in [5.74, 6) is -0.854. The average Bonchev–Trinajstić information content (AvgIpc) is 2.80. The van der Waals surface area contributed by atoms with Crippen LogP contribution in [0.15, 0.2) is 23.6 Å². The van der Waals surface area contributed by atoms with Crippen LogP contribution in [0.4, 0.5) is 8.78 Å². The van der Waals surface area contributed by atoms with E-state index < -0.39 is 17.7 Å². The minimum absolute atomic E-state index is 0.304. The first-order chi connectivity index (χ1) is 9.11. The number of aromatic nitrogens is 1. The predicted molar refractivity (Wildman–Crippen MR) is 73.3 cm³/mol. The number of nitrogens with zero attached hydrogens (tertiary/aromatic N) is 1. The highest BCUT2D eigenvalue weighted by Gasteiger charge is 2.20. The molecule has 0 amide bonds. The highest BCUT2D eigenvalue weighted by molar-refractivity contribution is 7.09. The molecule has 0 radical (unpaired) electrons. The van der Waals surface area contributed by atoms with Gasteiger partial charge >= 0.3 is 0 Å². The van der Waals surface area contributed by atoms with Crippen LogP contribution in [0.2, 0.25) is 0 Å². The number of hydrogen-bond acceptors (Lipinski definition) is 3. The van der Waals surface area contributed by atoms with Gasteiger partial charge in [0.15, 0.2) is 0 Å². The Balaban J connectivity index is 2.39. The van der Waals surface area contributed by atoms with Crippen LogP contribution in [0.1, 0.15) is 35.7 Å². The molecule has 1 aromatic heterocycles. The van der Waals surface area contributed by atoms with Crippen molar-refractivity contribution in [2.45, 2.75) is 26.3 Å². The Kier molecular flexibility index (Phi) is 4.61. The largest absolute Gasteiger partial charge is 0.305 e. The number of hydrogen-bond donors (Lipinski definition) is 1. The Morgan fingerprint density at radius 3 is 2.79 bits per heavy atom. The second-order valence-corrected chi connectivity index (χ2v) is 5.41. The summed E-state index contributed by atoms with van der Waals surface area (Å²) in [7, 11) is 0. The van der Waals surface area contributed by atoms with Crippen molar-refractivity contribution in [1.29, 1.82) is 0 Å². The summed E-state index contributed by atoms with van der Waals surface area (Å²) < 4.78 is 27.2. The molecule has 2 nitrogen and oxygen atoms in total. The third-order valence-electron chi connectivity index (χ3n) is 2.80. The van der Waals surface area contributed by atoms with Crippen molar-refractivity contribution < 1.29 is 8.78 Å². The molecule has 0 aliphatic carbocycles. The van der Waals surface area contributed by atoms with E-state index in [0.717, 1.165) is 35.8 Å². The van der Waals surface area contributed by atoms with E-state index in [2.05, 4.69) is 10.3 Å². The normalized spacial score (nSPS) is 12.6. The smallest absolute Gasteiger partial charge is 0.128 e. The summed E-state index contributed by atoms with van der Waals surface area (Å²) in [6.07, 6.45) is 0.913. The number of rotatable bonds is 5. The Bertz CT molecular complexity index is 554. The van der Waals surface area contributed by atoms with Crippen molar-refractivity contribution in [2.75, 3.05) is 6.54 Å². The average molecular weight is 282 g/mol. The van der Waals surface area contributed by atoms with Gasteiger partial charge in [0.05, 0.1) is 16.7 Å². The molecule has 1 atom stereocenters. The van der Waals surface area contributed by atoms with Crippen molar-refractivity contribution in [3.05, 3.63) is 51.5 Å². The molecule has 1 aromatic carbocycles. The molecule has 102 valence electrons. The highest BCUT2D eigenvalue weighted by Crippen LogP contribution is 2.26. The van der Waals surface area contributed by atoms with Gasteiger partial charge in [0.1, 0.15) is 11.6 Å². The molecule has 0 bridgehead atoms. The zero-order valence-electron chi connectivity index (χ0n) is 10.9. The first-order valence-corrected chi connectivity index (χ1v) is 7.10. The Morgan fingerprint density at radius 2 is 2.16 bits per heavy atom. The Morgan fingerprint density at radius 1 is 1.37 bits per heavy atom. The van der Waals surface area contributed by atoms with Gasteiger partial charge < -0.3 is 5.32 Å². The van der Waals surface area contributed by atoms with E-state index in [9.17, 15) is 8.78 Å². The van der Waals surface area contributed by atoms with Crippen LogP contribution in [0.5, 0.6) is 0 Å². The third kappa shape index (κ3) is 3.36. The van der Waals surface area contributed by atoms with Gasteiger partial charge in [-0.25, -0.2) is 13.8 Å². The first-order valence-electron chi connectivity index (χ1n) is 6.22. The summed E-state index contributed by atoms with van der Waals surface area (Å²) in [4.78, 5) is 4.38. The number of benzene rings is 1. The minimum Gasteiger partial charge on any atom is -0.305 e. The molecule has 19 heavy (non-hydrogen) atoms. The lowest BCUT2D eigenvalue weighted by Crippen LogP contribution is -2.24. The van der Waals surface area contributed by atoms with E-state index in [0.29, 0.717) is 5.56 Å². The maximum absolute atomic E-state index is 13.9. The SMILES string of the molecule is CCCNC(c1csc(C)n1)c1cc(F)ccc1F. The monoisotopic (exact) mass is 282 g/mol. The van der Waals surface area contributed by atoms with E-state index in [1.165, 1.54) is 17.4 Å². The van der Waals surface area contributed by atoms with Crippen LogP contribution < -0.4 is 5.32 Å². The first kappa shape index (κ1) is 14.1. The van der Waals surface area contributed by atoms with Crippen molar-refractivity contribution in [1.82, 2.24) is 10.3 Å². The van der Waals surface area contributed by atoms with Gasteiger partial charge in [-0.1, -0.05) is 6.92 Å². The van der Waals surface area contributed by atoms with Crippen LogP contribution in [-0.4, -0.2) is 11.5 Å². The molecular formula is C14H16F2N2S. The lowest BCUT2D eigenvalue weighted by molar-refractivity contribution is 0.530. The van der Waals surface area contributed by atoms with Gasteiger partial charge in [-0.3, -0.25) is 0 Å². The highest BCUT2D eigenvalue weighted by atomic mass is 32.1. The van der Waals surface area contributed by atoms with E-state index in [-0.39, 0.29) is 0 Å². The molecule has 0 saturated heterocycles. The second-order valence-electron chi connectivity index (χ2n) is 4.34. The van der Waals surface area contributed by atoms with Crippen LogP contribution in [0.3, 0.4) is 0 Å². The van der Waals surface area contributed by atoms with Gasteiger partial charge in [0, 0.05) is 10.9 Å². The van der Waals surface area contributed by atoms with E-state index in [4.69, 9.17) is 0 Å². The van der Waals surface area contributed by atoms with E-state index in [1.54, 1.807) is 0 Å². The van der Waals surface area contributed by atoms with E-state index in [1.807, 2.05) is 19.2 Å². The molecule has 0 fully saturated rings. The lowest BCUT2D eigenvalue weighted by Gasteiger charge is -2.17. The molecule has 0 aliphatic rings. The fourth-order valence-electron chi connectivity index (χ4n) is 1.91. The zero-order valence-corrected chi connectivity index (χ0v) is 11.7. The van der Waals surface area contributed by atoms with Gasteiger partial charge in [-0.2, -0.15) is 0 Å². The third-order valence-corrected chi connectivity index (χ3v) is 3.59.